The Balaban J connectivity index is 2.07. The highest BCUT2D eigenvalue weighted by atomic mass is 16.7. The minimum atomic E-state index is -1.56. The molecular weight excluding hydrogens is 646 g/mol. The quantitative estimate of drug-likeness (QED) is 0.0289. The second-order valence-corrected chi connectivity index (χ2v) is 14.8. The van der Waals surface area contributed by atoms with E-state index in [2.05, 4.69) is 24.4 Å². The van der Waals surface area contributed by atoms with Crippen LogP contribution in [0.15, 0.2) is 24.3 Å². The fourth-order valence-corrected chi connectivity index (χ4v) is 6.57. The number of hydrogen-bond donors (Lipinski definition) is 6. The first kappa shape index (κ1) is 47.7. The summed E-state index contributed by atoms with van der Waals surface area (Å²) >= 11 is 0. The van der Waals surface area contributed by atoms with E-state index in [9.17, 15) is 30.3 Å². The van der Waals surface area contributed by atoms with Gasteiger partial charge in [0.2, 0.25) is 5.91 Å². The van der Waals surface area contributed by atoms with Gasteiger partial charge in [0, 0.05) is 6.42 Å². The summed E-state index contributed by atoms with van der Waals surface area (Å²) in [7, 11) is 0. The Hall–Kier alpha value is -1.33. The van der Waals surface area contributed by atoms with Gasteiger partial charge in [-0.15, -0.1) is 0 Å². The lowest BCUT2D eigenvalue weighted by molar-refractivity contribution is -0.302. The van der Waals surface area contributed by atoms with Crippen LogP contribution in [0.1, 0.15) is 181 Å². The molecule has 6 N–H and O–H groups in total. The largest absolute Gasteiger partial charge is 0.394 e. The van der Waals surface area contributed by atoms with Crippen molar-refractivity contribution < 1.29 is 39.8 Å². The molecule has 1 aliphatic rings. The standard InChI is InChI=1S/C42H79NO8/c1-3-5-7-8-9-10-11-12-13-14-15-16-17-18-19-20-21-22-23-24-25-26-27-28-30-32-38(46)43-35(36(45)31-29-6-4-2)34-50-42-41(49)40(48)39(47)37(33-44)51-42/h14-15,29,31,35-37,39-42,44-45,47-49H,3-13,16-28,30,32-34H2,1-2H3,(H,43,46)/b15-14-,31-29+. The molecule has 0 aliphatic carbocycles. The summed E-state index contributed by atoms with van der Waals surface area (Å²) in [6, 6.07) is -0.797. The number of allylic oxidation sites excluding steroid dienone is 3. The Morgan fingerprint density at radius 1 is 0.647 bits per heavy atom. The zero-order valence-electron chi connectivity index (χ0n) is 32.6. The molecule has 0 aromatic rings. The number of carbonyl (C=O) groups excluding carboxylic acids is 1. The monoisotopic (exact) mass is 726 g/mol. The van der Waals surface area contributed by atoms with Crippen molar-refractivity contribution in [3.05, 3.63) is 24.3 Å². The van der Waals surface area contributed by atoms with Crippen LogP contribution in [0.2, 0.25) is 0 Å². The second kappa shape index (κ2) is 33.3. The average Bonchev–Trinajstić information content (AvgIpc) is 3.13. The van der Waals surface area contributed by atoms with Gasteiger partial charge in [-0.05, 0) is 38.5 Å². The molecule has 1 fully saturated rings. The fourth-order valence-electron chi connectivity index (χ4n) is 6.57. The molecule has 1 rings (SSSR count). The number of carbonyl (C=O) groups is 1. The third-order valence-electron chi connectivity index (χ3n) is 10.0. The molecule has 300 valence electrons. The van der Waals surface area contributed by atoms with Crippen LogP contribution < -0.4 is 5.32 Å². The van der Waals surface area contributed by atoms with Gasteiger partial charge in [-0.3, -0.25) is 4.79 Å². The molecule has 1 heterocycles. The third-order valence-corrected chi connectivity index (χ3v) is 10.0. The summed E-state index contributed by atoms with van der Waals surface area (Å²) < 4.78 is 11.0. The Morgan fingerprint density at radius 2 is 1.14 bits per heavy atom. The Kier molecular flexibility index (Phi) is 31.1. The van der Waals surface area contributed by atoms with Crippen LogP contribution in [0.25, 0.3) is 0 Å². The van der Waals surface area contributed by atoms with Crippen molar-refractivity contribution in [1.82, 2.24) is 5.32 Å². The van der Waals surface area contributed by atoms with Gasteiger partial charge in [0.25, 0.3) is 0 Å². The molecular formula is C42H79NO8. The van der Waals surface area contributed by atoms with Crippen LogP contribution in [-0.2, 0) is 14.3 Å². The summed E-state index contributed by atoms with van der Waals surface area (Å²) in [5.74, 6) is -0.189. The van der Waals surface area contributed by atoms with Crippen molar-refractivity contribution in [1.29, 1.82) is 0 Å². The van der Waals surface area contributed by atoms with E-state index in [1.54, 1.807) is 6.08 Å². The zero-order chi connectivity index (χ0) is 37.4. The van der Waals surface area contributed by atoms with Crippen LogP contribution in [0, 0.1) is 0 Å². The van der Waals surface area contributed by atoms with Crippen molar-refractivity contribution in [2.45, 2.75) is 224 Å². The number of amides is 1. The van der Waals surface area contributed by atoms with Gasteiger partial charge in [-0.2, -0.15) is 0 Å². The number of unbranched alkanes of at least 4 members (excludes halogenated alkanes) is 22. The lowest BCUT2D eigenvalue weighted by Gasteiger charge is -2.40. The Labute approximate surface area is 311 Å². The number of rotatable bonds is 34. The van der Waals surface area contributed by atoms with Gasteiger partial charge in [-0.1, -0.05) is 160 Å². The first-order valence-corrected chi connectivity index (χ1v) is 21.1. The SMILES string of the molecule is CCC/C=C/C(O)C(COC1OC(CO)C(O)C(O)C1O)NC(=O)CCCCCCCCCCCCCCC/C=C\CCCCCCCCCC. The van der Waals surface area contributed by atoms with E-state index in [1.807, 2.05) is 13.0 Å². The molecule has 7 atom stereocenters. The molecule has 0 spiro atoms. The molecule has 51 heavy (non-hydrogen) atoms. The molecule has 1 saturated heterocycles. The molecule has 0 aromatic carbocycles. The molecule has 1 amide bonds. The molecule has 9 heteroatoms. The number of ether oxygens (including phenoxy) is 2. The highest BCUT2D eigenvalue weighted by molar-refractivity contribution is 5.76. The summed E-state index contributed by atoms with van der Waals surface area (Å²) in [4.78, 5) is 12.7. The second-order valence-electron chi connectivity index (χ2n) is 14.8. The van der Waals surface area contributed by atoms with Crippen molar-refractivity contribution in [3.63, 3.8) is 0 Å². The summed E-state index contributed by atoms with van der Waals surface area (Å²) in [6.07, 6.45) is 31.9. The predicted octanol–water partition coefficient (Wildman–Crippen LogP) is 7.94. The molecule has 0 radical (unpaired) electrons. The smallest absolute Gasteiger partial charge is 0.220 e. The van der Waals surface area contributed by atoms with E-state index >= 15 is 0 Å². The van der Waals surface area contributed by atoms with Crippen LogP contribution in [-0.4, -0.2) is 87.5 Å². The van der Waals surface area contributed by atoms with Gasteiger partial charge in [-0.25, -0.2) is 0 Å². The zero-order valence-corrected chi connectivity index (χ0v) is 32.6. The molecule has 0 bridgehead atoms. The molecule has 1 aliphatic heterocycles. The number of aliphatic hydroxyl groups excluding tert-OH is 5. The lowest BCUT2D eigenvalue weighted by Crippen LogP contribution is -2.60. The van der Waals surface area contributed by atoms with Crippen molar-refractivity contribution in [2.75, 3.05) is 13.2 Å². The first-order chi connectivity index (χ1) is 24.8. The van der Waals surface area contributed by atoms with Gasteiger partial charge in [0.1, 0.15) is 24.4 Å². The highest BCUT2D eigenvalue weighted by Gasteiger charge is 2.44. The maximum absolute atomic E-state index is 12.7. The lowest BCUT2D eigenvalue weighted by atomic mass is 9.99. The fraction of sp³-hybridized carbons (Fsp3) is 0.881. The minimum Gasteiger partial charge on any atom is -0.394 e. The number of nitrogens with one attached hydrogen (secondary N) is 1. The highest BCUT2D eigenvalue weighted by Crippen LogP contribution is 2.22. The maximum atomic E-state index is 12.7. The normalized spacial score (nSPS) is 22.2. The molecule has 0 aromatic heterocycles. The van der Waals surface area contributed by atoms with Crippen LogP contribution in [0.5, 0.6) is 0 Å². The van der Waals surface area contributed by atoms with E-state index in [0.29, 0.717) is 6.42 Å². The Morgan fingerprint density at radius 3 is 1.63 bits per heavy atom. The van der Waals surface area contributed by atoms with E-state index in [-0.39, 0.29) is 12.5 Å². The minimum absolute atomic E-state index is 0.189. The van der Waals surface area contributed by atoms with Crippen molar-refractivity contribution in [2.24, 2.45) is 0 Å². The van der Waals surface area contributed by atoms with Gasteiger partial charge in [0.05, 0.1) is 25.4 Å². The van der Waals surface area contributed by atoms with Crippen molar-refractivity contribution in [3.8, 4) is 0 Å². The molecule has 9 nitrogen and oxygen atoms in total. The summed E-state index contributed by atoms with van der Waals surface area (Å²) in [5, 5.41) is 53.3. The topological polar surface area (TPSA) is 149 Å². The number of hydrogen-bond acceptors (Lipinski definition) is 8. The molecule has 0 saturated carbocycles. The van der Waals surface area contributed by atoms with Crippen molar-refractivity contribution >= 4 is 5.91 Å². The number of aliphatic hydroxyl groups is 5. The van der Waals surface area contributed by atoms with Crippen LogP contribution in [0.3, 0.4) is 0 Å². The van der Waals surface area contributed by atoms with Gasteiger partial charge < -0.3 is 40.3 Å². The predicted molar refractivity (Wildman–Crippen MR) is 207 cm³/mol. The van der Waals surface area contributed by atoms with E-state index in [1.165, 1.54) is 128 Å². The van der Waals surface area contributed by atoms with Gasteiger partial charge in [0.15, 0.2) is 6.29 Å². The van der Waals surface area contributed by atoms with Crippen LogP contribution in [0.4, 0.5) is 0 Å². The summed E-state index contributed by atoms with van der Waals surface area (Å²) in [6.45, 7) is 3.55. The summed E-state index contributed by atoms with van der Waals surface area (Å²) in [5.41, 5.74) is 0. The molecule has 7 unspecified atom stereocenters. The van der Waals surface area contributed by atoms with Crippen LogP contribution >= 0.6 is 0 Å². The van der Waals surface area contributed by atoms with E-state index in [0.717, 1.165) is 32.1 Å². The van der Waals surface area contributed by atoms with Gasteiger partial charge >= 0.3 is 0 Å². The van der Waals surface area contributed by atoms with E-state index in [4.69, 9.17) is 9.47 Å². The first-order valence-electron chi connectivity index (χ1n) is 21.1. The van der Waals surface area contributed by atoms with E-state index < -0.39 is 49.5 Å². The third kappa shape index (κ3) is 24.6. The average molecular weight is 726 g/mol. The Bertz CT molecular complexity index is 853. The maximum Gasteiger partial charge on any atom is 0.220 e.